The van der Waals surface area contributed by atoms with Crippen LogP contribution in [0.5, 0.6) is 0 Å². The lowest BCUT2D eigenvalue weighted by Gasteiger charge is -2.27. The maximum Gasteiger partial charge on any atom is 0.223 e. The highest BCUT2D eigenvalue weighted by molar-refractivity contribution is 6.30. The van der Waals surface area contributed by atoms with Gasteiger partial charge < -0.3 is 10.2 Å². The predicted molar refractivity (Wildman–Crippen MR) is 82.9 cm³/mol. The topological polar surface area (TPSA) is 32.3 Å². The molecule has 1 aliphatic heterocycles. The monoisotopic (exact) mass is 294 g/mol. The number of nitrogens with one attached hydrogen (secondary N) is 1. The molecule has 4 heteroatoms. The van der Waals surface area contributed by atoms with E-state index in [0.29, 0.717) is 6.42 Å². The summed E-state index contributed by atoms with van der Waals surface area (Å²) in [5, 5.41) is 4.15. The lowest BCUT2D eigenvalue weighted by atomic mass is 10.1. The van der Waals surface area contributed by atoms with E-state index in [1.54, 1.807) is 0 Å². The third kappa shape index (κ3) is 4.50. The molecule has 1 heterocycles. The number of benzene rings is 1. The summed E-state index contributed by atoms with van der Waals surface area (Å²) in [6, 6.07) is 8.07. The zero-order valence-corrected chi connectivity index (χ0v) is 12.8. The first-order chi connectivity index (χ1) is 9.66. The van der Waals surface area contributed by atoms with Crippen molar-refractivity contribution in [1.29, 1.82) is 0 Å². The van der Waals surface area contributed by atoms with Crippen LogP contribution in [-0.4, -0.2) is 30.4 Å². The van der Waals surface area contributed by atoms with Crippen molar-refractivity contribution in [2.75, 3.05) is 19.6 Å². The van der Waals surface area contributed by atoms with Gasteiger partial charge in [0.25, 0.3) is 0 Å². The minimum atomic E-state index is 0.237. The molecule has 1 fully saturated rings. The summed E-state index contributed by atoms with van der Waals surface area (Å²) in [5.41, 5.74) is 1.19. The third-order valence-electron chi connectivity index (χ3n) is 3.87. The molecule has 1 atom stereocenters. The zero-order valence-electron chi connectivity index (χ0n) is 12.1. The van der Waals surface area contributed by atoms with Crippen molar-refractivity contribution in [3.63, 3.8) is 0 Å². The maximum absolute atomic E-state index is 12.0. The summed E-state index contributed by atoms with van der Waals surface area (Å²) in [5.74, 6) is 0.278. The highest BCUT2D eigenvalue weighted by Gasteiger charge is 2.16. The summed E-state index contributed by atoms with van der Waals surface area (Å²) in [4.78, 5) is 14.0. The number of rotatable bonds is 5. The lowest BCUT2D eigenvalue weighted by molar-refractivity contribution is -0.132. The summed E-state index contributed by atoms with van der Waals surface area (Å²) in [6.45, 7) is 4.70. The normalized spacial score (nSPS) is 17.0. The van der Waals surface area contributed by atoms with Gasteiger partial charge in [-0.1, -0.05) is 23.7 Å². The second kappa shape index (κ2) is 7.65. The van der Waals surface area contributed by atoms with E-state index in [9.17, 15) is 4.79 Å². The van der Waals surface area contributed by atoms with Crippen LogP contribution in [0.15, 0.2) is 24.3 Å². The number of piperidine rings is 1. The van der Waals surface area contributed by atoms with Crippen LogP contribution in [0, 0.1) is 0 Å². The van der Waals surface area contributed by atoms with Crippen molar-refractivity contribution >= 4 is 17.5 Å². The Morgan fingerprint density at radius 2 is 1.90 bits per heavy atom. The Hall–Kier alpha value is -1.06. The maximum atomic E-state index is 12.0. The first-order valence-corrected chi connectivity index (χ1v) is 7.81. The molecule has 0 aliphatic carbocycles. The summed E-state index contributed by atoms with van der Waals surface area (Å²) < 4.78 is 0. The SMILES string of the molecule is CC(NCCC(=O)N1CCCCC1)c1ccc(Cl)cc1. The second-order valence-electron chi connectivity index (χ2n) is 5.42. The van der Waals surface area contributed by atoms with Crippen molar-refractivity contribution in [3.05, 3.63) is 34.9 Å². The number of halogens is 1. The molecule has 0 spiro atoms. The molecule has 0 radical (unpaired) electrons. The average Bonchev–Trinajstić information content (AvgIpc) is 2.48. The van der Waals surface area contributed by atoms with E-state index >= 15 is 0 Å². The molecule has 2 rings (SSSR count). The van der Waals surface area contributed by atoms with Crippen LogP contribution in [0.4, 0.5) is 0 Å². The van der Waals surface area contributed by atoms with Crippen molar-refractivity contribution in [2.24, 2.45) is 0 Å². The molecule has 1 aliphatic rings. The van der Waals surface area contributed by atoms with Crippen molar-refractivity contribution in [3.8, 4) is 0 Å². The predicted octanol–water partition coefficient (Wildman–Crippen LogP) is 3.39. The Bertz CT molecular complexity index is 427. The van der Waals surface area contributed by atoms with Gasteiger partial charge in [0, 0.05) is 37.1 Å². The van der Waals surface area contributed by atoms with Gasteiger partial charge in [-0.3, -0.25) is 4.79 Å². The standard InChI is InChI=1S/C16H23ClN2O/c1-13(14-5-7-15(17)8-6-14)18-10-9-16(20)19-11-3-2-4-12-19/h5-8,13,18H,2-4,9-12H2,1H3. The summed E-state index contributed by atoms with van der Waals surface area (Å²) >= 11 is 5.88. The first kappa shape index (κ1) is 15.3. The van der Waals surface area contributed by atoms with E-state index in [4.69, 9.17) is 11.6 Å². The number of carbonyl (C=O) groups is 1. The van der Waals surface area contributed by atoms with Gasteiger partial charge in [0.15, 0.2) is 0 Å². The van der Waals surface area contributed by atoms with E-state index in [-0.39, 0.29) is 11.9 Å². The molecular formula is C16H23ClN2O. The van der Waals surface area contributed by atoms with Gasteiger partial charge in [-0.15, -0.1) is 0 Å². The smallest absolute Gasteiger partial charge is 0.223 e. The second-order valence-corrected chi connectivity index (χ2v) is 5.86. The van der Waals surface area contributed by atoms with Crippen molar-refractivity contribution in [2.45, 2.75) is 38.6 Å². The van der Waals surface area contributed by atoms with Gasteiger partial charge in [-0.2, -0.15) is 0 Å². The number of likely N-dealkylation sites (tertiary alicyclic amines) is 1. The fourth-order valence-electron chi connectivity index (χ4n) is 2.57. The Kier molecular flexibility index (Phi) is 5.86. The minimum Gasteiger partial charge on any atom is -0.343 e. The lowest BCUT2D eigenvalue weighted by Crippen LogP contribution is -2.37. The largest absolute Gasteiger partial charge is 0.343 e. The van der Waals surface area contributed by atoms with Gasteiger partial charge in [-0.25, -0.2) is 0 Å². The van der Waals surface area contributed by atoms with Crippen molar-refractivity contribution < 1.29 is 4.79 Å². The van der Waals surface area contributed by atoms with Crippen molar-refractivity contribution in [1.82, 2.24) is 10.2 Å². The Labute approximate surface area is 126 Å². The van der Waals surface area contributed by atoms with E-state index in [2.05, 4.69) is 12.2 Å². The molecule has 1 aromatic rings. The van der Waals surface area contributed by atoms with E-state index in [0.717, 1.165) is 37.5 Å². The molecule has 1 aromatic carbocycles. The molecule has 1 N–H and O–H groups in total. The van der Waals surface area contributed by atoms with E-state index in [1.807, 2.05) is 29.2 Å². The molecular weight excluding hydrogens is 272 g/mol. The highest BCUT2D eigenvalue weighted by atomic mass is 35.5. The minimum absolute atomic E-state index is 0.237. The van der Waals surface area contributed by atoms with Crippen LogP contribution in [0.3, 0.4) is 0 Å². The van der Waals surface area contributed by atoms with Gasteiger partial charge in [0.2, 0.25) is 5.91 Å². The summed E-state index contributed by atoms with van der Waals surface area (Å²) in [7, 11) is 0. The zero-order chi connectivity index (χ0) is 14.4. The van der Waals surface area contributed by atoms with Crippen LogP contribution in [0.1, 0.15) is 44.2 Å². The molecule has 0 aromatic heterocycles. The fourth-order valence-corrected chi connectivity index (χ4v) is 2.69. The van der Waals surface area contributed by atoms with Gasteiger partial charge in [0.1, 0.15) is 0 Å². The third-order valence-corrected chi connectivity index (χ3v) is 4.12. The van der Waals surface area contributed by atoms with Crippen LogP contribution in [-0.2, 0) is 4.79 Å². The highest BCUT2D eigenvalue weighted by Crippen LogP contribution is 2.16. The Balaban J connectivity index is 1.72. The van der Waals surface area contributed by atoms with E-state index < -0.39 is 0 Å². The number of amides is 1. The fraction of sp³-hybridized carbons (Fsp3) is 0.562. The van der Waals surface area contributed by atoms with Crippen LogP contribution in [0.2, 0.25) is 5.02 Å². The summed E-state index contributed by atoms with van der Waals surface area (Å²) in [6.07, 6.45) is 4.15. The Morgan fingerprint density at radius 3 is 2.55 bits per heavy atom. The molecule has 1 unspecified atom stereocenters. The average molecular weight is 295 g/mol. The van der Waals surface area contributed by atoms with E-state index in [1.165, 1.54) is 12.0 Å². The Morgan fingerprint density at radius 1 is 1.25 bits per heavy atom. The number of hydrogen-bond donors (Lipinski definition) is 1. The molecule has 1 amide bonds. The molecule has 3 nitrogen and oxygen atoms in total. The first-order valence-electron chi connectivity index (χ1n) is 7.43. The van der Waals surface area contributed by atoms with Gasteiger partial charge in [-0.05, 0) is 43.9 Å². The number of nitrogens with zero attached hydrogens (tertiary/aromatic N) is 1. The van der Waals surface area contributed by atoms with Gasteiger partial charge >= 0.3 is 0 Å². The molecule has 1 saturated heterocycles. The molecule has 0 saturated carbocycles. The molecule has 110 valence electrons. The van der Waals surface area contributed by atoms with Gasteiger partial charge in [0.05, 0.1) is 0 Å². The van der Waals surface area contributed by atoms with Crippen LogP contribution >= 0.6 is 11.6 Å². The number of carbonyl (C=O) groups excluding carboxylic acids is 1. The van der Waals surface area contributed by atoms with Crippen LogP contribution in [0.25, 0.3) is 0 Å². The van der Waals surface area contributed by atoms with Crippen LogP contribution < -0.4 is 5.32 Å². The number of hydrogen-bond acceptors (Lipinski definition) is 2. The molecule has 0 bridgehead atoms. The molecule has 20 heavy (non-hydrogen) atoms. The quantitative estimate of drug-likeness (QED) is 0.903.